The molecule has 0 bridgehead atoms. The number of thioether (sulfide) groups is 1. The van der Waals surface area contributed by atoms with Crippen molar-refractivity contribution in [2.75, 3.05) is 12.0 Å². The Hall–Kier alpha value is -1.07. The number of halogens is 1. The van der Waals surface area contributed by atoms with Crippen LogP contribution in [-0.2, 0) is 4.79 Å². The fourth-order valence-corrected chi connectivity index (χ4v) is 2.02. The fourth-order valence-electron chi connectivity index (χ4n) is 1.53. The Balaban J connectivity index is 2.51. The highest BCUT2D eigenvalue weighted by Crippen LogP contribution is 2.13. The van der Waals surface area contributed by atoms with Gasteiger partial charge in [0.1, 0.15) is 5.82 Å². The molecule has 0 aliphatic heterocycles. The van der Waals surface area contributed by atoms with Crippen molar-refractivity contribution in [3.63, 3.8) is 0 Å². The third kappa shape index (κ3) is 4.66. The molecule has 1 amide bonds. The van der Waals surface area contributed by atoms with Crippen molar-refractivity contribution in [1.29, 1.82) is 0 Å². The summed E-state index contributed by atoms with van der Waals surface area (Å²) in [6, 6.07) is 5.43. The minimum atomic E-state index is -0.486. The van der Waals surface area contributed by atoms with Crippen molar-refractivity contribution in [1.82, 2.24) is 5.32 Å². The van der Waals surface area contributed by atoms with Crippen molar-refractivity contribution < 1.29 is 9.18 Å². The molecule has 0 aliphatic carbocycles. The van der Waals surface area contributed by atoms with Gasteiger partial charge in [0.25, 0.3) is 0 Å². The predicted octanol–water partition coefficient (Wildman–Crippen LogP) is 2.08. The van der Waals surface area contributed by atoms with Crippen LogP contribution in [0.15, 0.2) is 24.3 Å². The second-order valence-electron chi connectivity index (χ2n) is 4.17. The van der Waals surface area contributed by atoms with E-state index in [2.05, 4.69) is 5.32 Å². The van der Waals surface area contributed by atoms with E-state index in [1.807, 2.05) is 13.2 Å². The van der Waals surface area contributed by atoms with Crippen molar-refractivity contribution >= 4 is 17.7 Å². The number of hydrogen-bond donors (Lipinski definition) is 2. The molecule has 100 valence electrons. The number of nitrogens with two attached hydrogens (primary N) is 1. The van der Waals surface area contributed by atoms with E-state index in [0.29, 0.717) is 6.42 Å². The second kappa shape index (κ2) is 7.38. The lowest BCUT2D eigenvalue weighted by Gasteiger charge is -2.17. The molecule has 2 atom stereocenters. The van der Waals surface area contributed by atoms with Gasteiger partial charge in [-0.05, 0) is 43.0 Å². The normalized spacial score (nSPS) is 14.0. The van der Waals surface area contributed by atoms with Gasteiger partial charge in [-0.1, -0.05) is 12.1 Å². The molecule has 3 nitrogen and oxygen atoms in total. The summed E-state index contributed by atoms with van der Waals surface area (Å²) in [4.78, 5) is 11.8. The van der Waals surface area contributed by atoms with Gasteiger partial charge in [-0.2, -0.15) is 11.8 Å². The summed E-state index contributed by atoms with van der Waals surface area (Å²) >= 11 is 1.66. The highest BCUT2D eigenvalue weighted by Gasteiger charge is 2.16. The number of carbonyl (C=O) groups is 1. The summed E-state index contributed by atoms with van der Waals surface area (Å²) in [5, 5.41) is 2.83. The van der Waals surface area contributed by atoms with Gasteiger partial charge in [0.2, 0.25) is 5.91 Å². The molecule has 0 aromatic heterocycles. The first kappa shape index (κ1) is 15.0. The molecule has 1 aromatic rings. The third-order valence-electron chi connectivity index (χ3n) is 2.70. The quantitative estimate of drug-likeness (QED) is 0.832. The van der Waals surface area contributed by atoms with Gasteiger partial charge in [-0.3, -0.25) is 4.79 Å². The van der Waals surface area contributed by atoms with Gasteiger partial charge in [0, 0.05) is 0 Å². The van der Waals surface area contributed by atoms with E-state index in [-0.39, 0.29) is 17.8 Å². The summed E-state index contributed by atoms with van der Waals surface area (Å²) in [5.41, 5.74) is 6.63. The molecule has 3 N–H and O–H groups in total. The molecule has 0 saturated carbocycles. The van der Waals surface area contributed by atoms with Crippen LogP contribution < -0.4 is 11.1 Å². The van der Waals surface area contributed by atoms with E-state index in [4.69, 9.17) is 5.73 Å². The molecule has 0 heterocycles. The topological polar surface area (TPSA) is 55.1 Å². The molecular weight excluding hydrogens is 251 g/mol. The maximum Gasteiger partial charge on any atom is 0.237 e. The molecule has 0 spiro atoms. The second-order valence-corrected chi connectivity index (χ2v) is 5.16. The van der Waals surface area contributed by atoms with Crippen LogP contribution in [0.5, 0.6) is 0 Å². The molecule has 5 heteroatoms. The number of amides is 1. The smallest absolute Gasteiger partial charge is 0.237 e. The van der Waals surface area contributed by atoms with Crippen molar-refractivity contribution in [3.05, 3.63) is 35.6 Å². The first-order chi connectivity index (χ1) is 8.54. The van der Waals surface area contributed by atoms with E-state index in [1.54, 1.807) is 23.9 Å². The van der Waals surface area contributed by atoms with Crippen LogP contribution in [-0.4, -0.2) is 24.0 Å². The zero-order valence-electron chi connectivity index (χ0n) is 10.7. The Morgan fingerprint density at radius 2 is 2.06 bits per heavy atom. The molecule has 0 radical (unpaired) electrons. The van der Waals surface area contributed by atoms with Crippen LogP contribution in [0.1, 0.15) is 24.9 Å². The average molecular weight is 270 g/mol. The van der Waals surface area contributed by atoms with Crippen LogP contribution >= 0.6 is 11.8 Å². The molecule has 0 unspecified atom stereocenters. The van der Waals surface area contributed by atoms with Gasteiger partial charge in [-0.25, -0.2) is 4.39 Å². The van der Waals surface area contributed by atoms with Crippen LogP contribution in [0, 0.1) is 5.82 Å². The molecule has 18 heavy (non-hydrogen) atoms. The van der Waals surface area contributed by atoms with Gasteiger partial charge in [0.15, 0.2) is 0 Å². The predicted molar refractivity (Wildman–Crippen MR) is 73.9 cm³/mol. The lowest BCUT2D eigenvalue weighted by Crippen LogP contribution is -2.41. The van der Waals surface area contributed by atoms with Crippen molar-refractivity contribution in [2.45, 2.75) is 25.4 Å². The van der Waals surface area contributed by atoms with Crippen LogP contribution in [0.3, 0.4) is 0 Å². The summed E-state index contributed by atoms with van der Waals surface area (Å²) in [6.07, 6.45) is 2.63. The van der Waals surface area contributed by atoms with E-state index in [9.17, 15) is 9.18 Å². The average Bonchev–Trinajstić information content (AvgIpc) is 2.36. The first-order valence-electron chi connectivity index (χ1n) is 5.85. The largest absolute Gasteiger partial charge is 0.348 e. The van der Waals surface area contributed by atoms with E-state index < -0.39 is 6.04 Å². The van der Waals surface area contributed by atoms with Crippen molar-refractivity contribution in [2.24, 2.45) is 5.73 Å². The Labute approximate surface area is 111 Å². The summed E-state index contributed by atoms with van der Waals surface area (Å²) in [5.74, 6) is 0.411. The molecule has 0 aliphatic rings. The van der Waals surface area contributed by atoms with Gasteiger partial charge in [0.05, 0.1) is 12.1 Å². The van der Waals surface area contributed by atoms with E-state index in [0.717, 1.165) is 11.3 Å². The van der Waals surface area contributed by atoms with E-state index in [1.165, 1.54) is 12.1 Å². The lowest BCUT2D eigenvalue weighted by molar-refractivity contribution is -0.123. The summed E-state index contributed by atoms with van der Waals surface area (Å²) in [7, 11) is 0. The van der Waals surface area contributed by atoms with Gasteiger partial charge >= 0.3 is 0 Å². The van der Waals surface area contributed by atoms with Crippen molar-refractivity contribution in [3.8, 4) is 0 Å². The van der Waals surface area contributed by atoms with Crippen LogP contribution in [0.4, 0.5) is 4.39 Å². The molecule has 0 saturated heterocycles. The minimum Gasteiger partial charge on any atom is -0.348 e. The first-order valence-corrected chi connectivity index (χ1v) is 7.24. The standard InChI is InChI=1S/C13H19FN2OS/c1-9(10-3-5-11(14)6-4-10)16-13(17)12(15)7-8-18-2/h3-6,9,12H,7-8,15H2,1-2H3,(H,16,17)/t9-,12-/m1/s1. The lowest BCUT2D eigenvalue weighted by atomic mass is 10.1. The minimum absolute atomic E-state index is 0.166. The zero-order valence-corrected chi connectivity index (χ0v) is 11.5. The fraction of sp³-hybridized carbons (Fsp3) is 0.462. The Morgan fingerprint density at radius 3 is 2.61 bits per heavy atom. The SMILES string of the molecule is CSCC[C@@H](N)C(=O)N[C@H](C)c1ccc(F)cc1. The Morgan fingerprint density at radius 1 is 1.44 bits per heavy atom. The number of hydrogen-bond acceptors (Lipinski definition) is 3. The van der Waals surface area contributed by atoms with Gasteiger partial charge < -0.3 is 11.1 Å². The molecular formula is C13H19FN2OS. The highest BCUT2D eigenvalue weighted by molar-refractivity contribution is 7.98. The molecule has 1 aromatic carbocycles. The maximum absolute atomic E-state index is 12.8. The monoisotopic (exact) mass is 270 g/mol. The zero-order chi connectivity index (χ0) is 13.5. The number of nitrogens with one attached hydrogen (secondary N) is 1. The van der Waals surface area contributed by atoms with Crippen LogP contribution in [0.2, 0.25) is 0 Å². The Kier molecular flexibility index (Phi) is 6.15. The van der Waals surface area contributed by atoms with E-state index >= 15 is 0 Å². The highest BCUT2D eigenvalue weighted by atomic mass is 32.2. The third-order valence-corrected chi connectivity index (χ3v) is 3.34. The number of rotatable bonds is 6. The summed E-state index contributed by atoms with van der Waals surface area (Å²) in [6.45, 7) is 1.85. The summed E-state index contributed by atoms with van der Waals surface area (Å²) < 4.78 is 12.8. The molecule has 1 rings (SSSR count). The van der Waals surface area contributed by atoms with Crippen LogP contribution in [0.25, 0.3) is 0 Å². The number of benzene rings is 1. The Bertz CT molecular complexity index is 383. The number of carbonyl (C=O) groups excluding carboxylic acids is 1. The maximum atomic E-state index is 12.8. The molecule has 0 fully saturated rings. The van der Waals surface area contributed by atoms with Gasteiger partial charge in [-0.15, -0.1) is 0 Å².